The number of aryl methyl sites for hydroxylation is 2. The number of rotatable bonds is 2. The second-order valence-corrected chi connectivity index (χ2v) is 9.35. The van der Waals surface area contributed by atoms with Crippen LogP contribution < -0.4 is 0 Å². The highest BCUT2D eigenvalue weighted by Crippen LogP contribution is 2.56. The molecule has 1 spiro atoms. The van der Waals surface area contributed by atoms with Crippen molar-refractivity contribution >= 4 is 6.09 Å². The first-order valence-corrected chi connectivity index (χ1v) is 9.76. The van der Waals surface area contributed by atoms with E-state index in [-0.39, 0.29) is 11.5 Å². The van der Waals surface area contributed by atoms with E-state index in [4.69, 9.17) is 9.84 Å². The van der Waals surface area contributed by atoms with Crippen molar-refractivity contribution in [2.75, 3.05) is 13.1 Å². The number of nitrogens with zero attached hydrogens (tertiary/aromatic N) is 3. The summed E-state index contributed by atoms with van der Waals surface area (Å²) in [5.74, 6) is 0.506. The van der Waals surface area contributed by atoms with Gasteiger partial charge < -0.3 is 9.64 Å². The molecule has 2 heterocycles. The number of para-hydroxylation sites is 1. The highest BCUT2D eigenvalue weighted by Gasteiger charge is 2.55. The second-order valence-electron chi connectivity index (χ2n) is 9.35. The Balaban J connectivity index is 1.43. The predicted molar refractivity (Wildman–Crippen MR) is 105 cm³/mol. The van der Waals surface area contributed by atoms with Crippen molar-refractivity contribution in [3.63, 3.8) is 0 Å². The zero-order valence-corrected chi connectivity index (χ0v) is 17.0. The first kappa shape index (κ1) is 18.1. The molecular weight excluding hydrogens is 338 g/mol. The summed E-state index contributed by atoms with van der Waals surface area (Å²) in [6.45, 7) is 11.5. The van der Waals surface area contributed by atoms with Gasteiger partial charge in [0.05, 0.1) is 11.4 Å². The minimum Gasteiger partial charge on any atom is -0.444 e. The summed E-state index contributed by atoms with van der Waals surface area (Å²) in [5.41, 5.74) is 4.58. The van der Waals surface area contributed by atoms with Gasteiger partial charge in [0.1, 0.15) is 5.60 Å². The number of likely N-dealkylation sites (tertiary alicyclic amines) is 1. The van der Waals surface area contributed by atoms with Gasteiger partial charge in [0.25, 0.3) is 0 Å². The molecule has 27 heavy (non-hydrogen) atoms. The molecule has 2 aliphatic rings. The van der Waals surface area contributed by atoms with Gasteiger partial charge in [-0.2, -0.15) is 5.10 Å². The lowest BCUT2D eigenvalue weighted by Gasteiger charge is -2.58. The van der Waals surface area contributed by atoms with Crippen LogP contribution in [0, 0.1) is 19.3 Å². The number of aromatic nitrogens is 2. The molecule has 0 unspecified atom stereocenters. The van der Waals surface area contributed by atoms with Gasteiger partial charge in [-0.05, 0) is 65.2 Å². The van der Waals surface area contributed by atoms with Crippen LogP contribution in [-0.4, -0.2) is 39.5 Å². The minimum atomic E-state index is -0.431. The van der Waals surface area contributed by atoms with E-state index in [1.807, 2.05) is 25.7 Å². The zero-order chi connectivity index (χ0) is 19.4. The Bertz CT molecular complexity index is 864. The molecule has 1 aliphatic heterocycles. The monoisotopic (exact) mass is 367 g/mol. The van der Waals surface area contributed by atoms with E-state index in [9.17, 15) is 4.79 Å². The third-order valence-electron chi connectivity index (χ3n) is 5.68. The van der Waals surface area contributed by atoms with E-state index in [0.29, 0.717) is 5.92 Å². The predicted octanol–water partition coefficient (Wildman–Crippen LogP) is 4.60. The van der Waals surface area contributed by atoms with Gasteiger partial charge in [0, 0.05) is 30.1 Å². The Morgan fingerprint density at radius 1 is 1.19 bits per heavy atom. The summed E-state index contributed by atoms with van der Waals surface area (Å²) in [7, 11) is 0. The van der Waals surface area contributed by atoms with Gasteiger partial charge in [-0.3, -0.25) is 0 Å². The zero-order valence-electron chi connectivity index (χ0n) is 17.0. The summed E-state index contributed by atoms with van der Waals surface area (Å²) in [6, 6.07) is 10.6. The minimum absolute atomic E-state index is 0.183. The number of carbonyl (C=O) groups is 1. The summed E-state index contributed by atoms with van der Waals surface area (Å²) >= 11 is 0. The fraction of sp³-hybridized carbons (Fsp3) is 0.545. The fourth-order valence-electron chi connectivity index (χ4n) is 4.48. The van der Waals surface area contributed by atoms with Crippen molar-refractivity contribution in [1.29, 1.82) is 0 Å². The van der Waals surface area contributed by atoms with Crippen molar-refractivity contribution in [3.8, 4) is 5.69 Å². The molecule has 4 rings (SSSR count). The molecule has 2 fully saturated rings. The molecule has 0 N–H and O–H groups in total. The first-order valence-electron chi connectivity index (χ1n) is 9.76. The fourth-order valence-corrected chi connectivity index (χ4v) is 4.48. The van der Waals surface area contributed by atoms with Crippen LogP contribution in [0.4, 0.5) is 4.79 Å². The van der Waals surface area contributed by atoms with Gasteiger partial charge in [0.15, 0.2) is 0 Å². The van der Waals surface area contributed by atoms with Crippen LogP contribution in [0.25, 0.3) is 5.69 Å². The molecule has 0 atom stereocenters. The standard InChI is InChI=1S/C22H29N3O2/c1-15-8-6-7-9-18(15)25-19(10-16(2)23-25)17-11-22(12-17)13-24(14-22)20(26)27-21(3,4)5/h6-10,17H,11-14H2,1-5H3. The number of carbonyl (C=O) groups excluding carboxylic acids is 1. The maximum Gasteiger partial charge on any atom is 0.410 e. The van der Waals surface area contributed by atoms with Gasteiger partial charge in [-0.15, -0.1) is 0 Å². The molecule has 144 valence electrons. The maximum atomic E-state index is 12.2. The average molecular weight is 367 g/mol. The lowest BCUT2D eigenvalue weighted by Crippen LogP contribution is -2.63. The molecule has 5 heteroatoms. The van der Waals surface area contributed by atoms with Gasteiger partial charge in [-0.25, -0.2) is 9.48 Å². The normalized spacial score (nSPS) is 18.9. The SMILES string of the molecule is Cc1cc(C2CC3(C2)CN(C(=O)OC(C)(C)C)C3)n(-c2ccccc2C)n1. The van der Waals surface area contributed by atoms with E-state index < -0.39 is 5.60 Å². The van der Waals surface area contributed by atoms with E-state index in [1.165, 1.54) is 11.3 Å². The number of ether oxygens (including phenoxy) is 1. The Kier molecular flexibility index (Phi) is 4.09. The number of hydrogen-bond donors (Lipinski definition) is 0. The van der Waals surface area contributed by atoms with Crippen LogP contribution in [0.2, 0.25) is 0 Å². The van der Waals surface area contributed by atoms with Gasteiger partial charge in [-0.1, -0.05) is 18.2 Å². The molecule has 1 amide bonds. The smallest absolute Gasteiger partial charge is 0.410 e. The number of amides is 1. The number of hydrogen-bond acceptors (Lipinski definition) is 3. The van der Waals surface area contributed by atoms with Crippen molar-refractivity contribution in [2.45, 2.75) is 59.0 Å². The second kappa shape index (κ2) is 6.11. The summed E-state index contributed by atoms with van der Waals surface area (Å²) in [4.78, 5) is 14.0. The number of benzene rings is 1. The van der Waals surface area contributed by atoms with Crippen molar-refractivity contribution < 1.29 is 9.53 Å². The molecule has 1 saturated heterocycles. The Labute approximate surface area is 161 Å². The average Bonchev–Trinajstić information content (AvgIpc) is 2.84. The van der Waals surface area contributed by atoms with Crippen LogP contribution in [0.1, 0.15) is 56.5 Å². The highest BCUT2D eigenvalue weighted by molar-refractivity contribution is 5.69. The summed E-state index contributed by atoms with van der Waals surface area (Å²) in [5, 5.41) is 4.75. The largest absolute Gasteiger partial charge is 0.444 e. The third kappa shape index (κ3) is 3.35. The lowest BCUT2D eigenvalue weighted by atomic mass is 9.57. The van der Waals surface area contributed by atoms with Crippen LogP contribution >= 0.6 is 0 Å². The van der Waals surface area contributed by atoms with Crippen LogP contribution in [0.3, 0.4) is 0 Å². The molecule has 1 aliphatic carbocycles. The topological polar surface area (TPSA) is 47.4 Å². The molecule has 2 aromatic rings. The van der Waals surface area contributed by atoms with E-state index >= 15 is 0 Å². The summed E-state index contributed by atoms with van der Waals surface area (Å²) < 4.78 is 7.60. The highest BCUT2D eigenvalue weighted by atomic mass is 16.6. The Morgan fingerprint density at radius 2 is 1.85 bits per heavy atom. The van der Waals surface area contributed by atoms with Crippen molar-refractivity contribution in [3.05, 3.63) is 47.3 Å². The molecule has 1 aromatic heterocycles. The Morgan fingerprint density at radius 3 is 2.48 bits per heavy atom. The molecule has 5 nitrogen and oxygen atoms in total. The van der Waals surface area contributed by atoms with Crippen LogP contribution in [0.5, 0.6) is 0 Å². The molecular formula is C22H29N3O2. The lowest BCUT2D eigenvalue weighted by molar-refractivity contribution is -0.0794. The van der Waals surface area contributed by atoms with E-state index in [0.717, 1.165) is 37.3 Å². The van der Waals surface area contributed by atoms with Crippen LogP contribution in [-0.2, 0) is 4.74 Å². The quantitative estimate of drug-likeness (QED) is 0.779. The van der Waals surface area contributed by atoms with Crippen molar-refractivity contribution in [1.82, 2.24) is 14.7 Å². The maximum absolute atomic E-state index is 12.2. The Hall–Kier alpha value is -2.30. The van der Waals surface area contributed by atoms with Gasteiger partial charge >= 0.3 is 6.09 Å². The summed E-state index contributed by atoms with van der Waals surface area (Å²) in [6.07, 6.45) is 2.05. The van der Waals surface area contributed by atoms with Crippen molar-refractivity contribution in [2.24, 2.45) is 5.41 Å². The van der Waals surface area contributed by atoms with Crippen LogP contribution in [0.15, 0.2) is 30.3 Å². The third-order valence-corrected chi connectivity index (χ3v) is 5.68. The van der Waals surface area contributed by atoms with E-state index in [1.54, 1.807) is 0 Å². The molecule has 1 aromatic carbocycles. The van der Waals surface area contributed by atoms with E-state index in [2.05, 4.69) is 48.9 Å². The molecule has 0 radical (unpaired) electrons. The molecule has 1 saturated carbocycles. The molecule has 0 bridgehead atoms. The van der Waals surface area contributed by atoms with Gasteiger partial charge in [0.2, 0.25) is 0 Å². The first-order chi connectivity index (χ1) is 12.7.